The highest BCUT2D eigenvalue weighted by atomic mass is 16.6. The van der Waals surface area contributed by atoms with Gasteiger partial charge in [-0.2, -0.15) is 0 Å². The molecule has 0 radical (unpaired) electrons. The molecule has 2 unspecified atom stereocenters. The quantitative estimate of drug-likeness (QED) is 0.866. The Morgan fingerprint density at radius 3 is 2.62 bits per heavy atom. The molecule has 1 aromatic rings. The summed E-state index contributed by atoms with van der Waals surface area (Å²) in [4.78, 5) is 28.0. The second-order valence-corrected chi connectivity index (χ2v) is 6.41. The van der Waals surface area contributed by atoms with Gasteiger partial charge in [0.15, 0.2) is 5.78 Å². The number of nitrogens with one attached hydrogen (secondary N) is 1. The molecule has 1 heterocycles. The second kappa shape index (κ2) is 6.24. The Kier molecular flexibility index (Phi) is 4.60. The number of aromatic nitrogens is 1. The number of ether oxygens (including phenoxy) is 1. The molecular formula is C16H22N2O3. The van der Waals surface area contributed by atoms with E-state index in [2.05, 4.69) is 10.3 Å². The van der Waals surface area contributed by atoms with Gasteiger partial charge in [0.1, 0.15) is 11.3 Å². The van der Waals surface area contributed by atoms with Crippen LogP contribution in [-0.2, 0) is 4.74 Å². The van der Waals surface area contributed by atoms with Gasteiger partial charge in [-0.15, -0.1) is 0 Å². The maximum absolute atomic E-state index is 12.3. The molecule has 1 amide bonds. The van der Waals surface area contributed by atoms with Crippen molar-refractivity contribution in [1.82, 2.24) is 10.3 Å². The third kappa shape index (κ3) is 4.28. The van der Waals surface area contributed by atoms with Crippen molar-refractivity contribution in [3.63, 3.8) is 0 Å². The van der Waals surface area contributed by atoms with Crippen LogP contribution in [0.25, 0.3) is 0 Å². The van der Waals surface area contributed by atoms with Crippen molar-refractivity contribution in [2.45, 2.75) is 39.2 Å². The topological polar surface area (TPSA) is 68.3 Å². The Hall–Kier alpha value is -1.91. The highest BCUT2D eigenvalue weighted by molar-refractivity contribution is 5.96. The van der Waals surface area contributed by atoms with Gasteiger partial charge in [0.25, 0.3) is 0 Å². The van der Waals surface area contributed by atoms with Crippen molar-refractivity contribution in [2.75, 3.05) is 6.54 Å². The van der Waals surface area contributed by atoms with Crippen LogP contribution in [0.5, 0.6) is 0 Å². The lowest BCUT2D eigenvalue weighted by Gasteiger charge is -2.35. The van der Waals surface area contributed by atoms with E-state index in [0.29, 0.717) is 12.2 Å². The lowest BCUT2D eigenvalue weighted by Crippen LogP contribution is -2.43. The smallest absolute Gasteiger partial charge is 0.407 e. The number of carbonyl (C=O) groups excluding carboxylic acids is 2. The largest absolute Gasteiger partial charge is 0.444 e. The van der Waals surface area contributed by atoms with Crippen LogP contribution in [0.2, 0.25) is 0 Å². The van der Waals surface area contributed by atoms with Crippen molar-refractivity contribution in [3.05, 3.63) is 30.1 Å². The van der Waals surface area contributed by atoms with Gasteiger partial charge in [-0.1, -0.05) is 6.07 Å². The number of hydrogen-bond donors (Lipinski definition) is 1. The molecule has 1 N–H and O–H groups in total. The fraction of sp³-hybridized carbons (Fsp3) is 0.562. The van der Waals surface area contributed by atoms with Gasteiger partial charge >= 0.3 is 6.09 Å². The molecule has 0 aliphatic heterocycles. The standard InChI is InChI=1S/C16H22N2O3/c1-16(2,3)21-15(20)18-10-11-7-8-12(11)14(19)13-6-4-5-9-17-13/h4-6,9,11-12H,7-8,10H2,1-3H3,(H,18,20). The monoisotopic (exact) mass is 290 g/mol. The number of alkyl carbamates (subject to hydrolysis) is 1. The number of Topliss-reactive ketones (excluding diaryl/α,β-unsaturated/α-hetero) is 1. The molecule has 2 rings (SSSR count). The predicted molar refractivity (Wildman–Crippen MR) is 79.0 cm³/mol. The van der Waals surface area contributed by atoms with Crippen molar-refractivity contribution < 1.29 is 14.3 Å². The van der Waals surface area contributed by atoms with E-state index >= 15 is 0 Å². The highest BCUT2D eigenvalue weighted by Gasteiger charge is 2.37. The van der Waals surface area contributed by atoms with Gasteiger partial charge in [0.05, 0.1) is 0 Å². The highest BCUT2D eigenvalue weighted by Crippen LogP contribution is 2.36. The molecule has 1 saturated carbocycles. The first-order valence-corrected chi connectivity index (χ1v) is 7.29. The van der Waals surface area contributed by atoms with Gasteiger partial charge in [0, 0.05) is 18.7 Å². The molecule has 1 fully saturated rings. The summed E-state index contributed by atoms with van der Waals surface area (Å²) in [5, 5.41) is 2.74. The molecule has 114 valence electrons. The molecule has 2 atom stereocenters. The van der Waals surface area contributed by atoms with E-state index < -0.39 is 11.7 Å². The molecule has 0 bridgehead atoms. The summed E-state index contributed by atoms with van der Waals surface area (Å²) in [7, 11) is 0. The predicted octanol–water partition coefficient (Wildman–Crippen LogP) is 2.82. The molecule has 1 aromatic heterocycles. The Morgan fingerprint density at radius 2 is 2.10 bits per heavy atom. The van der Waals surface area contributed by atoms with Crippen molar-refractivity contribution in [2.24, 2.45) is 11.8 Å². The fourth-order valence-electron chi connectivity index (χ4n) is 2.39. The number of nitrogens with zero attached hydrogens (tertiary/aromatic N) is 1. The zero-order valence-electron chi connectivity index (χ0n) is 12.8. The SMILES string of the molecule is CC(C)(C)OC(=O)NCC1CCC1C(=O)c1ccccn1. The van der Waals surface area contributed by atoms with E-state index in [1.807, 2.05) is 26.8 Å². The Balaban J connectivity index is 1.83. The zero-order chi connectivity index (χ0) is 15.5. The molecular weight excluding hydrogens is 268 g/mol. The molecule has 0 spiro atoms. The van der Waals surface area contributed by atoms with Crippen molar-refractivity contribution in [1.29, 1.82) is 0 Å². The average Bonchev–Trinajstić information content (AvgIpc) is 2.36. The molecule has 5 nitrogen and oxygen atoms in total. The summed E-state index contributed by atoms with van der Waals surface area (Å²) in [6.07, 6.45) is 2.99. The summed E-state index contributed by atoms with van der Waals surface area (Å²) < 4.78 is 5.19. The molecule has 0 aromatic carbocycles. The van der Waals surface area contributed by atoms with Crippen LogP contribution >= 0.6 is 0 Å². The minimum Gasteiger partial charge on any atom is -0.444 e. The van der Waals surface area contributed by atoms with Crippen LogP contribution in [0.4, 0.5) is 4.79 Å². The minimum absolute atomic E-state index is 0.0464. The first-order chi connectivity index (χ1) is 9.87. The van der Waals surface area contributed by atoms with E-state index in [9.17, 15) is 9.59 Å². The molecule has 5 heteroatoms. The first-order valence-electron chi connectivity index (χ1n) is 7.29. The molecule has 0 saturated heterocycles. The summed E-state index contributed by atoms with van der Waals surface area (Å²) >= 11 is 0. The lowest BCUT2D eigenvalue weighted by atomic mass is 9.70. The van der Waals surface area contributed by atoms with Crippen LogP contribution in [-0.4, -0.2) is 29.0 Å². The van der Waals surface area contributed by atoms with E-state index in [4.69, 9.17) is 4.74 Å². The average molecular weight is 290 g/mol. The van der Waals surface area contributed by atoms with Crippen LogP contribution in [0, 0.1) is 11.8 Å². The fourth-order valence-corrected chi connectivity index (χ4v) is 2.39. The number of amides is 1. The third-order valence-corrected chi connectivity index (χ3v) is 3.58. The summed E-state index contributed by atoms with van der Waals surface area (Å²) in [6, 6.07) is 5.34. The van der Waals surface area contributed by atoms with E-state index in [0.717, 1.165) is 12.8 Å². The number of ketones is 1. The lowest BCUT2D eigenvalue weighted by molar-refractivity contribution is 0.0475. The van der Waals surface area contributed by atoms with Crippen molar-refractivity contribution in [3.8, 4) is 0 Å². The Morgan fingerprint density at radius 1 is 1.33 bits per heavy atom. The zero-order valence-corrected chi connectivity index (χ0v) is 12.8. The second-order valence-electron chi connectivity index (χ2n) is 6.41. The summed E-state index contributed by atoms with van der Waals surface area (Å²) in [5.74, 6) is 0.194. The summed E-state index contributed by atoms with van der Waals surface area (Å²) in [6.45, 7) is 5.94. The number of hydrogen-bond acceptors (Lipinski definition) is 4. The minimum atomic E-state index is -0.507. The maximum atomic E-state index is 12.3. The number of rotatable bonds is 4. The van der Waals surface area contributed by atoms with E-state index in [-0.39, 0.29) is 17.6 Å². The van der Waals surface area contributed by atoms with Gasteiger partial charge in [-0.3, -0.25) is 9.78 Å². The maximum Gasteiger partial charge on any atom is 0.407 e. The van der Waals surface area contributed by atoms with Gasteiger partial charge < -0.3 is 10.1 Å². The molecule has 1 aliphatic rings. The van der Waals surface area contributed by atoms with E-state index in [1.165, 1.54) is 0 Å². The third-order valence-electron chi connectivity index (χ3n) is 3.58. The van der Waals surface area contributed by atoms with Gasteiger partial charge in [0.2, 0.25) is 0 Å². The number of pyridine rings is 1. The van der Waals surface area contributed by atoms with Crippen LogP contribution in [0.3, 0.4) is 0 Å². The van der Waals surface area contributed by atoms with Crippen molar-refractivity contribution >= 4 is 11.9 Å². The molecule has 1 aliphatic carbocycles. The van der Waals surface area contributed by atoms with Crippen LogP contribution < -0.4 is 5.32 Å². The van der Waals surface area contributed by atoms with Gasteiger partial charge in [-0.05, 0) is 51.7 Å². The number of carbonyl (C=O) groups is 2. The van der Waals surface area contributed by atoms with Crippen LogP contribution in [0.15, 0.2) is 24.4 Å². The molecule has 21 heavy (non-hydrogen) atoms. The Labute approximate surface area is 125 Å². The van der Waals surface area contributed by atoms with Gasteiger partial charge in [-0.25, -0.2) is 4.79 Å². The summed E-state index contributed by atoms with van der Waals surface area (Å²) in [5.41, 5.74) is -0.00293. The van der Waals surface area contributed by atoms with E-state index in [1.54, 1.807) is 18.3 Å². The van der Waals surface area contributed by atoms with Crippen LogP contribution in [0.1, 0.15) is 44.1 Å². The Bertz CT molecular complexity index is 508. The first kappa shape index (κ1) is 15.5. The normalized spacial score (nSPS) is 21.3.